The lowest BCUT2D eigenvalue weighted by molar-refractivity contribution is 0.0988. The highest BCUT2D eigenvalue weighted by atomic mass is 32.1. The molecule has 0 saturated carbocycles. The van der Waals surface area contributed by atoms with Crippen LogP contribution in [0.3, 0.4) is 0 Å². The number of carbonyl (C=O) groups excluding carboxylic acids is 1. The Morgan fingerprint density at radius 1 is 1.32 bits per heavy atom. The van der Waals surface area contributed by atoms with Crippen molar-refractivity contribution in [1.82, 2.24) is 9.97 Å². The first-order chi connectivity index (χ1) is 9.09. The van der Waals surface area contributed by atoms with Gasteiger partial charge in [0.25, 0.3) is 5.91 Å². The lowest BCUT2D eigenvalue weighted by Crippen LogP contribution is -2.27. The van der Waals surface area contributed by atoms with Gasteiger partial charge in [0.2, 0.25) is 0 Å². The number of rotatable bonds is 3. The number of hydrogen-bond acceptors (Lipinski definition) is 4. The van der Waals surface area contributed by atoms with Gasteiger partial charge in [-0.05, 0) is 24.3 Å². The molecule has 0 aliphatic rings. The molecular weight excluding hydrogens is 260 g/mol. The first-order valence-electron chi connectivity index (χ1n) is 5.53. The Morgan fingerprint density at radius 3 is 2.63 bits per heavy atom. The number of aromatic nitrogens is 2. The maximum atomic E-state index is 12.2. The monoisotopic (exact) mass is 272 g/mol. The Balaban J connectivity index is 2.22. The van der Waals surface area contributed by atoms with Crippen LogP contribution in [0.5, 0.6) is 0 Å². The Labute approximate surface area is 116 Å². The van der Waals surface area contributed by atoms with Gasteiger partial charge in [-0.2, -0.15) is 0 Å². The van der Waals surface area contributed by atoms with E-state index in [-0.39, 0.29) is 10.9 Å². The van der Waals surface area contributed by atoms with Crippen molar-refractivity contribution in [2.24, 2.45) is 5.73 Å². The van der Waals surface area contributed by atoms with E-state index in [0.29, 0.717) is 16.9 Å². The molecule has 96 valence electrons. The molecule has 0 fully saturated rings. The largest absolute Gasteiger partial charge is 0.389 e. The zero-order chi connectivity index (χ0) is 13.8. The molecular formula is C13H12N4OS. The van der Waals surface area contributed by atoms with E-state index in [0.717, 1.165) is 0 Å². The Hall–Kier alpha value is -2.34. The normalized spacial score (nSPS) is 9.95. The molecule has 0 unspecified atom stereocenters. The molecule has 0 atom stereocenters. The molecule has 0 aliphatic carbocycles. The van der Waals surface area contributed by atoms with Gasteiger partial charge in [0, 0.05) is 25.0 Å². The molecule has 2 aromatic rings. The van der Waals surface area contributed by atoms with Crippen LogP contribution in [0.2, 0.25) is 0 Å². The second kappa shape index (κ2) is 5.53. The smallest absolute Gasteiger partial charge is 0.276 e. The molecule has 2 aromatic heterocycles. The van der Waals surface area contributed by atoms with E-state index in [2.05, 4.69) is 9.97 Å². The van der Waals surface area contributed by atoms with Crippen molar-refractivity contribution in [3.63, 3.8) is 0 Å². The summed E-state index contributed by atoms with van der Waals surface area (Å²) in [6, 6.07) is 6.85. The molecule has 0 spiro atoms. The second-order valence-corrected chi connectivity index (χ2v) is 4.31. The number of thiocarbonyl (C=S) groups is 1. The van der Waals surface area contributed by atoms with E-state index in [1.54, 1.807) is 43.7 Å². The topological polar surface area (TPSA) is 72.1 Å². The van der Waals surface area contributed by atoms with Gasteiger partial charge < -0.3 is 10.6 Å². The van der Waals surface area contributed by atoms with E-state index < -0.39 is 0 Å². The van der Waals surface area contributed by atoms with E-state index >= 15 is 0 Å². The average molecular weight is 272 g/mol. The van der Waals surface area contributed by atoms with Crippen molar-refractivity contribution in [3.8, 4) is 0 Å². The second-order valence-electron chi connectivity index (χ2n) is 3.87. The SMILES string of the molecule is CN(C(=O)c1ccc(C(N)=S)cn1)c1cccnc1. The Morgan fingerprint density at radius 2 is 2.11 bits per heavy atom. The van der Waals surface area contributed by atoms with Crippen LogP contribution in [0.15, 0.2) is 42.9 Å². The predicted octanol–water partition coefficient (Wildman–Crippen LogP) is 1.39. The summed E-state index contributed by atoms with van der Waals surface area (Å²) in [5, 5.41) is 0. The van der Waals surface area contributed by atoms with Crippen molar-refractivity contribution in [3.05, 3.63) is 54.1 Å². The third kappa shape index (κ3) is 2.92. The van der Waals surface area contributed by atoms with Gasteiger partial charge in [-0.3, -0.25) is 14.8 Å². The molecule has 5 nitrogen and oxygen atoms in total. The van der Waals surface area contributed by atoms with E-state index in [4.69, 9.17) is 18.0 Å². The highest BCUT2D eigenvalue weighted by molar-refractivity contribution is 7.80. The van der Waals surface area contributed by atoms with Gasteiger partial charge in [-0.1, -0.05) is 12.2 Å². The highest BCUT2D eigenvalue weighted by Crippen LogP contribution is 2.12. The number of amides is 1. The number of pyridine rings is 2. The summed E-state index contributed by atoms with van der Waals surface area (Å²) in [4.78, 5) is 22.0. The van der Waals surface area contributed by atoms with E-state index in [1.807, 2.05) is 0 Å². The molecule has 0 aromatic carbocycles. The number of anilines is 1. The lowest BCUT2D eigenvalue weighted by atomic mass is 10.2. The minimum atomic E-state index is -0.220. The van der Waals surface area contributed by atoms with Crippen LogP contribution >= 0.6 is 12.2 Å². The standard InChI is InChI=1S/C13H12N4OS/c1-17(10-3-2-6-15-8-10)13(18)11-5-4-9(7-16-11)12(14)19/h2-8H,1H3,(H2,14,19). The highest BCUT2D eigenvalue weighted by Gasteiger charge is 2.14. The van der Waals surface area contributed by atoms with Crippen molar-refractivity contribution in [2.75, 3.05) is 11.9 Å². The summed E-state index contributed by atoms with van der Waals surface area (Å²) in [6.45, 7) is 0. The summed E-state index contributed by atoms with van der Waals surface area (Å²) in [5.74, 6) is -0.220. The third-order valence-electron chi connectivity index (χ3n) is 2.60. The van der Waals surface area contributed by atoms with Crippen LogP contribution in [0.4, 0.5) is 5.69 Å². The lowest BCUT2D eigenvalue weighted by Gasteiger charge is -2.16. The fourth-order valence-corrected chi connectivity index (χ4v) is 1.63. The van der Waals surface area contributed by atoms with E-state index in [9.17, 15) is 4.79 Å². The number of hydrogen-bond donors (Lipinski definition) is 1. The van der Waals surface area contributed by atoms with Crippen LogP contribution in [-0.2, 0) is 0 Å². The zero-order valence-electron chi connectivity index (χ0n) is 10.3. The first kappa shape index (κ1) is 13.1. The van der Waals surface area contributed by atoms with Gasteiger partial charge in [-0.25, -0.2) is 0 Å². The van der Waals surface area contributed by atoms with E-state index in [1.165, 1.54) is 11.1 Å². The quantitative estimate of drug-likeness (QED) is 0.855. The van der Waals surface area contributed by atoms with Crippen molar-refractivity contribution in [1.29, 1.82) is 0 Å². The molecule has 19 heavy (non-hydrogen) atoms. The van der Waals surface area contributed by atoms with Gasteiger partial charge in [-0.15, -0.1) is 0 Å². The minimum absolute atomic E-state index is 0.220. The maximum absolute atomic E-state index is 12.2. The molecule has 1 amide bonds. The summed E-state index contributed by atoms with van der Waals surface area (Å²) < 4.78 is 0. The van der Waals surface area contributed by atoms with Gasteiger partial charge >= 0.3 is 0 Å². The zero-order valence-corrected chi connectivity index (χ0v) is 11.1. The van der Waals surface area contributed by atoms with Gasteiger partial charge in [0.1, 0.15) is 10.7 Å². The predicted molar refractivity (Wildman–Crippen MR) is 77.1 cm³/mol. The molecule has 2 rings (SSSR count). The fourth-order valence-electron chi connectivity index (χ4n) is 1.51. The van der Waals surface area contributed by atoms with Crippen molar-refractivity contribution < 1.29 is 4.79 Å². The summed E-state index contributed by atoms with van der Waals surface area (Å²) in [6.07, 6.45) is 4.75. The summed E-state index contributed by atoms with van der Waals surface area (Å²) in [7, 11) is 1.67. The fraction of sp³-hybridized carbons (Fsp3) is 0.0769. The molecule has 0 radical (unpaired) electrons. The Bertz CT molecular complexity index is 598. The number of nitrogens with zero attached hydrogens (tertiary/aromatic N) is 3. The van der Waals surface area contributed by atoms with Gasteiger partial charge in [0.15, 0.2) is 0 Å². The Kier molecular flexibility index (Phi) is 3.82. The number of carbonyl (C=O) groups is 1. The molecule has 2 heterocycles. The minimum Gasteiger partial charge on any atom is -0.389 e. The molecule has 2 N–H and O–H groups in total. The van der Waals surface area contributed by atoms with Crippen LogP contribution in [0, 0.1) is 0 Å². The molecule has 6 heteroatoms. The average Bonchev–Trinajstić information content (AvgIpc) is 2.46. The van der Waals surface area contributed by atoms with Crippen LogP contribution < -0.4 is 10.6 Å². The van der Waals surface area contributed by atoms with Crippen LogP contribution in [-0.4, -0.2) is 27.9 Å². The van der Waals surface area contributed by atoms with Crippen LogP contribution in [0.1, 0.15) is 16.1 Å². The van der Waals surface area contributed by atoms with Gasteiger partial charge in [0.05, 0.1) is 11.9 Å². The summed E-state index contributed by atoms with van der Waals surface area (Å²) in [5.41, 5.74) is 7.14. The maximum Gasteiger partial charge on any atom is 0.276 e. The third-order valence-corrected chi connectivity index (χ3v) is 2.84. The molecule has 0 bridgehead atoms. The molecule has 0 aliphatic heterocycles. The number of nitrogens with two attached hydrogens (primary N) is 1. The van der Waals surface area contributed by atoms with Crippen molar-refractivity contribution in [2.45, 2.75) is 0 Å². The summed E-state index contributed by atoms with van der Waals surface area (Å²) >= 11 is 4.83. The van der Waals surface area contributed by atoms with Crippen molar-refractivity contribution >= 4 is 28.8 Å². The first-order valence-corrected chi connectivity index (χ1v) is 5.94. The molecule has 0 saturated heterocycles. The van der Waals surface area contributed by atoms with Crippen LogP contribution in [0.25, 0.3) is 0 Å².